The molecule has 0 spiro atoms. The van der Waals surface area contributed by atoms with Gasteiger partial charge in [0.05, 0.1) is 4.92 Å². The molecule has 0 aromatic heterocycles. The zero-order chi connectivity index (χ0) is 17.6. The van der Waals surface area contributed by atoms with Crippen molar-refractivity contribution in [3.8, 4) is 0 Å². The van der Waals surface area contributed by atoms with Gasteiger partial charge in [-0.3, -0.25) is 14.3 Å². The van der Waals surface area contributed by atoms with Crippen molar-refractivity contribution in [1.29, 1.82) is 0 Å². The molecule has 0 aliphatic carbocycles. The van der Waals surface area contributed by atoms with Gasteiger partial charge in [-0.15, -0.1) is 0 Å². The molecule has 25 heavy (non-hydrogen) atoms. The first-order valence-corrected chi connectivity index (χ1v) is 9.56. The third kappa shape index (κ3) is 4.64. The topological polar surface area (TPSA) is 81.5 Å². The largest absolute Gasteiger partial charge is 0.381 e. The van der Waals surface area contributed by atoms with Crippen molar-refractivity contribution in [2.45, 2.75) is 23.8 Å². The molecular weight excluding hydrogens is 340 g/mol. The first-order valence-electron chi connectivity index (χ1n) is 8.18. The summed E-state index contributed by atoms with van der Waals surface area (Å²) in [5.74, 6) is 0.483. The second kappa shape index (κ2) is 8.22. The summed E-state index contributed by atoms with van der Waals surface area (Å²) in [5.41, 5.74) is 2.16. The number of ether oxygens (including phenoxy) is 1. The highest BCUT2D eigenvalue weighted by atomic mass is 32.2. The van der Waals surface area contributed by atoms with E-state index in [0.29, 0.717) is 24.7 Å². The Balaban J connectivity index is 1.71. The maximum atomic E-state index is 12.5. The van der Waals surface area contributed by atoms with Crippen LogP contribution in [0.15, 0.2) is 48.5 Å². The molecule has 2 aromatic rings. The van der Waals surface area contributed by atoms with Crippen LogP contribution in [0.4, 0.5) is 17.1 Å². The summed E-state index contributed by atoms with van der Waals surface area (Å²) in [6.07, 6.45) is 1.67. The molecule has 7 heteroatoms. The van der Waals surface area contributed by atoms with Crippen LogP contribution in [-0.4, -0.2) is 27.6 Å². The van der Waals surface area contributed by atoms with E-state index in [1.54, 1.807) is 18.2 Å². The highest BCUT2D eigenvalue weighted by Gasteiger charge is 2.20. The molecule has 1 N–H and O–H groups in total. The van der Waals surface area contributed by atoms with Gasteiger partial charge in [0, 0.05) is 46.8 Å². The van der Waals surface area contributed by atoms with E-state index in [4.69, 9.17) is 4.74 Å². The number of nitro groups is 1. The monoisotopic (exact) mass is 360 g/mol. The molecule has 132 valence electrons. The lowest BCUT2D eigenvalue weighted by Crippen LogP contribution is -2.25. The lowest BCUT2D eigenvalue weighted by atomic mass is 10.2. The van der Waals surface area contributed by atoms with Crippen LogP contribution in [0.1, 0.15) is 18.4 Å². The van der Waals surface area contributed by atoms with Crippen molar-refractivity contribution in [1.82, 2.24) is 0 Å². The summed E-state index contributed by atoms with van der Waals surface area (Å²) >= 11 is 0. The quantitative estimate of drug-likeness (QED) is 0.626. The maximum Gasteiger partial charge on any atom is 0.292 e. The van der Waals surface area contributed by atoms with Crippen molar-refractivity contribution in [3.63, 3.8) is 0 Å². The molecule has 0 amide bonds. The Labute approximate surface area is 148 Å². The van der Waals surface area contributed by atoms with E-state index < -0.39 is 15.7 Å². The lowest BCUT2D eigenvalue weighted by Gasteiger charge is -2.21. The van der Waals surface area contributed by atoms with Crippen LogP contribution < -0.4 is 5.32 Å². The van der Waals surface area contributed by atoms with Gasteiger partial charge in [-0.05, 0) is 36.6 Å². The molecule has 3 rings (SSSR count). The van der Waals surface area contributed by atoms with Crippen molar-refractivity contribution >= 4 is 27.9 Å². The zero-order valence-corrected chi connectivity index (χ0v) is 14.5. The van der Waals surface area contributed by atoms with E-state index in [-0.39, 0.29) is 10.9 Å². The fourth-order valence-corrected chi connectivity index (χ4v) is 4.32. The molecule has 1 aliphatic heterocycles. The average molecular weight is 360 g/mol. The highest BCUT2D eigenvalue weighted by molar-refractivity contribution is 7.84. The highest BCUT2D eigenvalue weighted by Crippen LogP contribution is 2.27. The molecule has 0 bridgehead atoms. The van der Waals surface area contributed by atoms with Gasteiger partial charge >= 0.3 is 0 Å². The van der Waals surface area contributed by atoms with Gasteiger partial charge < -0.3 is 10.1 Å². The predicted octanol–water partition coefficient (Wildman–Crippen LogP) is 3.77. The van der Waals surface area contributed by atoms with Gasteiger partial charge in [-0.1, -0.05) is 24.3 Å². The van der Waals surface area contributed by atoms with E-state index in [1.165, 1.54) is 6.07 Å². The molecule has 0 saturated carbocycles. The molecule has 0 radical (unpaired) electrons. The summed E-state index contributed by atoms with van der Waals surface area (Å²) < 4.78 is 17.8. The average Bonchev–Trinajstić information content (AvgIpc) is 2.63. The lowest BCUT2D eigenvalue weighted by molar-refractivity contribution is -0.383. The van der Waals surface area contributed by atoms with Crippen LogP contribution >= 0.6 is 0 Å². The number of benzene rings is 2. The summed E-state index contributed by atoms with van der Waals surface area (Å²) in [6.45, 7) is 1.35. The van der Waals surface area contributed by atoms with E-state index in [0.717, 1.165) is 24.1 Å². The molecule has 1 atom stereocenters. The van der Waals surface area contributed by atoms with Crippen LogP contribution in [0.25, 0.3) is 0 Å². The van der Waals surface area contributed by atoms with Crippen molar-refractivity contribution in [3.05, 3.63) is 64.2 Å². The number of nitro benzene ring substituents is 1. The zero-order valence-electron chi connectivity index (χ0n) is 13.7. The molecule has 1 saturated heterocycles. The first kappa shape index (κ1) is 17.6. The van der Waals surface area contributed by atoms with Crippen LogP contribution in [0.2, 0.25) is 0 Å². The number of nitrogens with zero attached hydrogens (tertiary/aromatic N) is 1. The summed E-state index contributed by atoms with van der Waals surface area (Å²) in [7, 11) is -0.940. The van der Waals surface area contributed by atoms with Gasteiger partial charge in [0.2, 0.25) is 0 Å². The van der Waals surface area contributed by atoms with E-state index in [9.17, 15) is 14.3 Å². The van der Waals surface area contributed by atoms with E-state index >= 15 is 0 Å². The molecule has 1 fully saturated rings. The third-order valence-electron chi connectivity index (χ3n) is 4.16. The maximum absolute atomic E-state index is 12.5. The number of para-hydroxylation sites is 2. The predicted molar refractivity (Wildman–Crippen MR) is 98.5 cm³/mol. The molecule has 1 aliphatic rings. The van der Waals surface area contributed by atoms with Gasteiger partial charge in [-0.25, -0.2) is 0 Å². The number of hydrogen-bond donors (Lipinski definition) is 1. The van der Waals surface area contributed by atoms with Crippen LogP contribution in [-0.2, 0) is 21.3 Å². The number of nitrogens with one attached hydrogen (secondary N) is 1. The minimum absolute atomic E-state index is 0.0266. The Morgan fingerprint density at radius 3 is 2.68 bits per heavy atom. The minimum atomic E-state index is -0.940. The Morgan fingerprint density at radius 1 is 1.16 bits per heavy atom. The third-order valence-corrected chi connectivity index (χ3v) is 5.99. The second-order valence-corrected chi connectivity index (χ2v) is 7.65. The first-order chi connectivity index (χ1) is 12.1. The molecule has 6 nitrogen and oxygen atoms in total. The summed E-state index contributed by atoms with van der Waals surface area (Å²) in [5, 5.41) is 14.4. The number of anilines is 2. The number of rotatable bonds is 6. The van der Waals surface area contributed by atoms with Crippen LogP contribution in [0.3, 0.4) is 0 Å². The Bertz CT molecular complexity index is 775. The van der Waals surface area contributed by atoms with Crippen LogP contribution in [0, 0.1) is 10.1 Å². The fourth-order valence-electron chi connectivity index (χ4n) is 2.85. The summed E-state index contributed by atoms with van der Waals surface area (Å²) in [6, 6.07) is 14.1. The van der Waals surface area contributed by atoms with E-state index in [2.05, 4.69) is 5.32 Å². The van der Waals surface area contributed by atoms with Gasteiger partial charge in [0.25, 0.3) is 5.69 Å². The van der Waals surface area contributed by atoms with Gasteiger partial charge in [0.15, 0.2) is 0 Å². The van der Waals surface area contributed by atoms with Crippen molar-refractivity contribution in [2.24, 2.45) is 0 Å². The second-order valence-electron chi connectivity index (χ2n) is 5.94. The van der Waals surface area contributed by atoms with Crippen LogP contribution in [0.5, 0.6) is 0 Å². The van der Waals surface area contributed by atoms with Crippen molar-refractivity contribution in [2.75, 3.05) is 18.5 Å². The Hall–Kier alpha value is -2.25. The molecule has 2 aromatic carbocycles. The van der Waals surface area contributed by atoms with Gasteiger partial charge in [0.1, 0.15) is 5.69 Å². The minimum Gasteiger partial charge on any atom is -0.381 e. The van der Waals surface area contributed by atoms with Gasteiger partial charge in [-0.2, -0.15) is 0 Å². The SMILES string of the molecule is O=[N+]([O-])c1ccccc1Nc1cccc(CS(=O)C2CCOCC2)c1. The molecule has 1 unspecified atom stereocenters. The molecular formula is C18H20N2O4S. The number of hydrogen-bond acceptors (Lipinski definition) is 5. The molecule has 1 heterocycles. The Kier molecular flexibility index (Phi) is 5.78. The summed E-state index contributed by atoms with van der Waals surface area (Å²) in [4.78, 5) is 10.7. The normalized spacial score (nSPS) is 16.3. The van der Waals surface area contributed by atoms with E-state index in [1.807, 2.05) is 24.3 Å². The standard InChI is InChI=1S/C18H20N2O4S/c21-20(22)18-7-2-1-6-17(18)19-15-5-3-4-14(12-15)13-25(23)16-8-10-24-11-9-16/h1-7,12,16,19H,8-11,13H2. The Morgan fingerprint density at radius 2 is 1.92 bits per heavy atom. The smallest absolute Gasteiger partial charge is 0.292 e. The van der Waals surface area contributed by atoms with Crippen molar-refractivity contribution < 1.29 is 13.9 Å². The fraction of sp³-hybridized carbons (Fsp3) is 0.333.